The SMILES string of the molecule is CCCCCC/C(=C/N(Cc1ccccc1)C(=O)OCC)CCCC. The summed E-state index contributed by atoms with van der Waals surface area (Å²) in [5.41, 5.74) is 2.48. The molecule has 0 spiro atoms. The van der Waals surface area contributed by atoms with Crippen molar-refractivity contribution < 1.29 is 9.53 Å². The topological polar surface area (TPSA) is 29.5 Å². The fourth-order valence-electron chi connectivity index (χ4n) is 2.81. The normalized spacial score (nSPS) is 11.4. The van der Waals surface area contributed by atoms with Gasteiger partial charge in [0.05, 0.1) is 13.2 Å². The summed E-state index contributed by atoms with van der Waals surface area (Å²) in [6, 6.07) is 10.1. The van der Waals surface area contributed by atoms with E-state index in [0.29, 0.717) is 13.2 Å². The first-order valence-electron chi connectivity index (χ1n) is 9.88. The van der Waals surface area contributed by atoms with Crippen LogP contribution in [0.5, 0.6) is 0 Å². The van der Waals surface area contributed by atoms with Gasteiger partial charge in [-0.15, -0.1) is 0 Å². The van der Waals surface area contributed by atoms with Crippen molar-refractivity contribution in [3.8, 4) is 0 Å². The summed E-state index contributed by atoms with van der Waals surface area (Å²) in [6.45, 7) is 7.26. The minimum Gasteiger partial charge on any atom is -0.449 e. The van der Waals surface area contributed by atoms with Gasteiger partial charge < -0.3 is 4.74 Å². The minimum atomic E-state index is -0.256. The van der Waals surface area contributed by atoms with Crippen molar-refractivity contribution in [1.29, 1.82) is 0 Å². The number of nitrogens with zero attached hydrogens (tertiary/aromatic N) is 1. The number of amides is 1. The summed E-state index contributed by atoms with van der Waals surface area (Å²) >= 11 is 0. The highest BCUT2D eigenvalue weighted by atomic mass is 16.6. The van der Waals surface area contributed by atoms with Gasteiger partial charge in [0.25, 0.3) is 0 Å². The zero-order valence-corrected chi connectivity index (χ0v) is 16.3. The number of hydrogen-bond acceptors (Lipinski definition) is 2. The van der Waals surface area contributed by atoms with E-state index in [4.69, 9.17) is 4.74 Å². The van der Waals surface area contributed by atoms with Gasteiger partial charge in [0.1, 0.15) is 0 Å². The van der Waals surface area contributed by atoms with Crippen LogP contribution in [0.15, 0.2) is 42.1 Å². The molecule has 3 nitrogen and oxygen atoms in total. The van der Waals surface area contributed by atoms with Gasteiger partial charge in [0, 0.05) is 6.20 Å². The molecule has 1 rings (SSSR count). The summed E-state index contributed by atoms with van der Waals surface area (Å²) in [5.74, 6) is 0. The van der Waals surface area contributed by atoms with Crippen molar-refractivity contribution in [3.63, 3.8) is 0 Å². The maximum absolute atomic E-state index is 12.4. The molecule has 0 radical (unpaired) electrons. The Morgan fingerprint density at radius 3 is 2.28 bits per heavy atom. The molecule has 0 atom stereocenters. The number of carbonyl (C=O) groups excluding carboxylic acids is 1. The van der Waals surface area contributed by atoms with Crippen molar-refractivity contribution in [2.24, 2.45) is 0 Å². The second-order valence-corrected chi connectivity index (χ2v) is 6.51. The lowest BCUT2D eigenvalue weighted by Crippen LogP contribution is -2.26. The van der Waals surface area contributed by atoms with Gasteiger partial charge in [0.2, 0.25) is 0 Å². The first-order chi connectivity index (χ1) is 12.2. The van der Waals surface area contributed by atoms with Crippen molar-refractivity contribution >= 4 is 6.09 Å². The summed E-state index contributed by atoms with van der Waals surface area (Å²) in [7, 11) is 0. The van der Waals surface area contributed by atoms with Gasteiger partial charge in [-0.25, -0.2) is 4.79 Å². The lowest BCUT2D eigenvalue weighted by Gasteiger charge is -2.20. The Balaban J connectivity index is 2.84. The van der Waals surface area contributed by atoms with Gasteiger partial charge in [-0.3, -0.25) is 4.90 Å². The Hall–Kier alpha value is -1.77. The van der Waals surface area contributed by atoms with E-state index >= 15 is 0 Å². The molecule has 0 bridgehead atoms. The fourth-order valence-corrected chi connectivity index (χ4v) is 2.81. The smallest absolute Gasteiger partial charge is 0.414 e. The standard InChI is InChI=1S/C22H35NO2/c1-4-7-9-11-15-20(14-8-5-2)18-23(22(24)25-6-3)19-21-16-12-10-13-17-21/h10,12-13,16-18H,4-9,11,14-15,19H2,1-3H3/b20-18+. The van der Waals surface area contributed by atoms with E-state index in [0.717, 1.165) is 18.4 Å². The fraction of sp³-hybridized carbons (Fsp3) is 0.591. The molecule has 25 heavy (non-hydrogen) atoms. The third-order valence-corrected chi connectivity index (χ3v) is 4.24. The molecule has 0 saturated heterocycles. The van der Waals surface area contributed by atoms with Gasteiger partial charge in [-0.2, -0.15) is 0 Å². The number of rotatable bonds is 12. The average molecular weight is 346 g/mol. The molecule has 0 fully saturated rings. The first kappa shape index (κ1) is 21.3. The Bertz CT molecular complexity index is 496. The number of benzene rings is 1. The summed E-state index contributed by atoms with van der Waals surface area (Å²) < 4.78 is 5.27. The van der Waals surface area contributed by atoms with Crippen LogP contribution in [0.25, 0.3) is 0 Å². The van der Waals surface area contributed by atoms with Crippen LogP contribution in [-0.4, -0.2) is 17.6 Å². The number of allylic oxidation sites excluding steroid dienone is 1. The third-order valence-electron chi connectivity index (χ3n) is 4.24. The maximum atomic E-state index is 12.4. The molecule has 3 heteroatoms. The summed E-state index contributed by atoms with van der Waals surface area (Å²) in [4.78, 5) is 14.1. The molecular weight excluding hydrogens is 310 g/mol. The Kier molecular flexibility index (Phi) is 11.5. The van der Waals surface area contributed by atoms with Crippen LogP contribution in [0.2, 0.25) is 0 Å². The molecule has 140 valence electrons. The van der Waals surface area contributed by atoms with Crippen molar-refractivity contribution in [2.45, 2.75) is 78.7 Å². The Morgan fingerprint density at radius 1 is 0.960 bits per heavy atom. The van der Waals surface area contributed by atoms with E-state index in [1.54, 1.807) is 4.90 Å². The molecule has 1 aromatic rings. The number of ether oxygens (including phenoxy) is 1. The van der Waals surface area contributed by atoms with Crippen LogP contribution in [0.1, 0.15) is 77.7 Å². The monoisotopic (exact) mass is 345 g/mol. The highest BCUT2D eigenvalue weighted by Gasteiger charge is 2.14. The Morgan fingerprint density at radius 2 is 1.64 bits per heavy atom. The van der Waals surface area contributed by atoms with E-state index in [1.165, 1.54) is 44.1 Å². The number of unbranched alkanes of at least 4 members (excludes halogenated alkanes) is 4. The van der Waals surface area contributed by atoms with Crippen molar-refractivity contribution in [3.05, 3.63) is 47.7 Å². The molecular formula is C22H35NO2. The second-order valence-electron chi connectivity index (χ2n) is 6.51. The quantitative estimate of drug-likeness (QED) is 0.395. The zero-order chi connectivity index (χ0) is 18.3. The molecule has 0 aliphatic heterocycles. The van der Waals surface area contributed by atoms with Crippen LogP contribution < -0.4 is 0 Å². The molecule has 0 N–H and O–H groups in total. The average Bonchev–Trinajstić information content (AvgIpc) is 2.63. The van der Waals surface area contributed by atoms with Crippen LogP contribution in [0.4, 0.5) is 4.79 Å². The van der Waals surface area contributed by atoms with E-state index in [2.05, 4.69) is 13.8 Å². The summed E-state index contributed by atoms with van der Waals surface area (Å²) in [5, 5.41) is 0. The molecule has 0 unspecified atom stereocenters. The summed E-state index contributed by atoms with van der Waals surface area (Å²) in [6.07, 6.45) is 11.3. The lowest BCUT2D eigenvalue weighted by atomic mass is 10.0. The van der Waals surface area contributed by atoms with E-state index < -0.39 is 0 Å². The largest absolute Gasteiger partial charge is 0.449 e. The van der Waals surface area contributed by atoms with Crippen LogP contribution in [0, 0.1) is 0 Å². The zero-order valence-electron chi connectivity index (χ0n) is 16.3. The van der Waals surface area contributed by atoms with Crippen LogP contribution >= 0.6 is 0 Å². The van der Waals surface area contributed by atoms with Gasteiger partial charge in [0.15, 0.2) is 0 Å². The molecule has 1 amide bonds. The molecule has 0 aliphatic rings. The van der Waals surface area contributed by atoms with E-state index in [-0.39, 0.29) is 6.09 Å². The lowest BCUT2D eigenvalue weighted by molar-refractivity contribution is 0.120. The van der Waals surface area contributed by atoms with E-state index in [9.17, 15) is 4.79 Å². The first-order valence-corrected chi connectivity index (χ1v) is 9.88. The predicted molar refractivity (Wildman–Crippen MR) is 105 cm³/mol. The molecule has 0 aromatic heterocycles. The molecule has 1 aromatic carbocycles. The highest BCUT2D eigenvalue weighted by Crippen LogP contribution is 2.19. The van der Waals surface area contributed by atoms with Gasteiger partial charge in [-0.05, 0) is 38.2 Å². The number of hydrogen-bond donors (Lipinski definition) is 0. The highest BCUT2D eigenvalue weighted by molar-refractivity contribution is 5.69. The van der Waals surface area contributed by atoms with Crippen molar-refractivity contribution in [1.82, 2.24) is 4.90 Å². The third kappa shape index (κ3) is 9.33. The van der Waals surface area contributed by atoms with Crippen LogP contribution in [-0.2, 0) is 11.3 Å². The second kappa shape index (κ2) is 13.5. The Labute approximate surface area is 154 Å². The minimum absolute atomic E-state index is 0.256. The molecule has 0 heterocycles. The molecule has 0 saturated carbocycles. The maximum Gasteiger partial charge on any atom is 0.414 e. The predicted octanol–water partition coefficient (Wildman–Crippen LogP) is 6.69. The number of carbonyl (C=O) groups is 1. The van der Waals surface area contributed by atoms with Gasteiger partial charge in [-0.1, -0.05) is 75.4 Å². The van der Waals surface area contributed by atoms with Crippen LogP contribution in [0.3, 0.4) is 0 Å². The van der Waals surface area contributed by atoms with Crippen molar-refractivity contribution in [2.75, 3.05) is 6.61 Å². The van der Waals surface area contributed by atoms with Gasteiger partial charge >= 0.3 is 6.09 Å². The molecule has 0 aliphatic carbocycles. The van der Waals surface area contributed by atoms with E-state index in [1.807, 2.05) is 43.5 Å².